The molecule has 0 N–H and O–H groups in total. The average Bonchev–Trinajstić information content (AvgIpc) is 3.34. The van der Waals surface area contributed by atoms with Crippen molar-refractivity contribution in [2.75, 3.05) is 44.7 Å². The van der Waals surface area contributed by atoms with Gasteiger partial charge in [-0.15, -0.1) is 0 Å². The molecular weight excluding hydrogens is 689 g/mol. The second kappa shape index (κ2) is 15.3. The number of anilines is 1. The molecule has 43 heavy (non-hydrogen) atoms. The molecule has 1 aliphatic heterocycles. The third kappa shape index (κ3) is 10.5. The van der Waals surface area contributed by atoms with E-state index in [0.29, 0.717) is 26.6 Å². The van der Waals surface area contributed by atoms with E-state index >= 15 is 0 Å². The van der Waals surface area contributed by atoms with Gasteiger partial charge in [-0.3, -0.25) is 0 Å². The summed E-state index contributed by atoms with van der Waals surface area (Å²) in [5.41, 5.74) is 2.85. The Kier molecular flexibility index (Phi) is 12.1. The Balaban J connectivity index is 1.47. The standard InChI is InChI=1S/C31H48IN5O4Si2/c1-42(2,3)18-16-39-23-36(24-40-17-19-43(4,5)6)29-20-28(34-30-27(32)21-33-37(29)30)26-12-14-35(15-13-26)31(38)41-22-25-10-8-7-9-11-25/h7-11,20-21,26H,12-19,22-24H2,1-6H3. The highest BCUT2D eigenvalue weighted by Crippen LogP contribution is 2.31. The fourth-order valence-electron chi connectivity index (χ4n) is 4.82. The van der Waals surface area contributed by atoms with E-state index < -0.39 is 16.1 Å². The molecule has 3 heterocycles. The van der Waals surface area contributed by atoms with Gasteiger partial charge in [0.15, 0.2) is 5.65 Å². The predicted molar refractivity (Wildman–Crippen MR) is 186 cm³/mol. The molecule has 4 rings (SSSR count). The molecule has 0 atom stereocenters. The molecule has 0 unspecified atom stereocenters. The van der Waals surface area contributed by atoms with E-state index in [1.807, 2.05) is 45.9 Å². The van der Waals surface area contributed by atoms with E-state index in [4.69, 9.17) is 19.2 Å². The van der Waals surface area contributed by atoms with Gasteiger partial charge in [0.1, 0.15) is 25.9 Å². The number of benzene rings is 1. The van der Waals surface area contributed by atoms with E-state index in [2.05, 4.69) is 77.9 Å². The first-order valence-electron chi connectivity index (χ1n) is 15.3. The fourth-order valence-corrected chi connectivity index (χ4v) is 6.80. The summed E-state index contributed by atoms with van der Waals surface area (Å²) in [6.07, 6.45) is 3.26. The number of nitrogens with zero attached hydrogens (tertiary/aromatic N) is 5. The number of ether oxygens (including phenoxy) is 3. The SMILES string of the molecule is C[Si](C)(C)CCOCN(COCC[Si](C)(C)C)c1cc(C2CCN(C(=O)OCc3ccccc3)CC2)nc2c(I)cnn12. The molecule has 2 aromatic heterocycles. The van der Waals surface area contributed by atoms with Crippen molar-refractivity contribution in [2.24, 2.45) is 0 Å². The molecule has 0 saturated carbocycles. The fraction of sp³-hybridized carbons (Fsp3) is 0.581. The van der Waals surface area contributed by atoms with Crippen LogP contribution in [0.4, 0.5) is 10.6 Å². The molecule has 12 heteroatoms. The number of carbonyl (C=O) groups excluding carboxylic acids is 1. The molecule has 0 bridgehead atoms. The predicted octanol–water partition coefficient (Wildman–Crippen LogP) is 7.28. The molecule has 0 radical (unpaired) electrons. The highest BCUT2D eigenvalue weighted by molar-refractivity contribution is 14.1. The van der Waals surface area contributed by atoms with Crippen molar-refractivity contribution in [1.82, 2.24) is 19.5 Å². The van der Waals surface area contributed by atoms with E-state index in [1.54, 1.807) is 0 Å². The Bertz CT molecular complexity index is 1300. The van der Waals surface area contributed by atoms with Crippen LogP contribution >= 0.6 is 22.6 Å². The highest BCUT2D eigenvalue weighted by Gasteiger charge is 2.28. The van der Waals surface area contributed by atoms with Crippen molar-refractivity contribution in [2.45, 2.75) is 76.7 Å². The minimum atomic E-state index is -1.20. The summed E-state index contributed by atoms with van der Waals surface area (Å²) in [6.45, 7) is 18.1. The van der Waals surface area contributed by atoms with E-state index in [0.717, 1.165) is 64.4 Å². The lowest BCUT2D eigenvalue weighted by atomic mass is 9.93. The van der Waals surface area contributed by atoms with Crippen LogP contribution < -0.4 is 4.90 Å². The maximum Gasteiger partial charge on any atom is 0.410 e. The number of hydrogen-bond donors (Lipinski definition) is 0. The topological polar surface area (TPSA) is 81.4 Å². The number of amides is 1. The van der Waals surface area contributed by atoms with Crippen LogP contribution in [0.15, 0.2) is 42.6 Å². The van der Waals surface area contributed by atoms with Crippen molar-refractivity contribution < 1.29 is 19.0 Å². The number of carbonyl (C=O) groups is 1. The molecule has 9 nitrogen and oxygen atoms in total. The molecule has 1 aromatic carbocycles. The third-order valence-electron chi connectivity index (χ3n) is 7.62. The van der Waals surface area contributed by atoms with Crippen molar-refractivity contribution in [3.05, 3.63) is 57.4 Å². The van der Waals surface area contributed by atoms with Gasteiger partial charge >= 0.3 is 6.09 Å². The summed E-state index contributed by atoms with van der Waals surface area (Å²) in [5, 5.41) is 4.68. The molecule has 1 saturated heterocycles. The summed E-state index contributed by atoms with van der Waals surface area (Å²) in [4.78, 5) is 21.8. The number of hydrogen-bond acceptors (Lipinski definition) is 7. The lowest BCUT2D eigenvalue weighted by molar-refractivity contribution is 0.0867. The van der Waals surface area contributed by atoms with Crippen LogP contribution in [0.25, 0.3) is 5.65 Å². The lowest BCUT2D eigenvalue weighted by Gasteiger charge is -2.32. The van der Waals surface area contributed by atoms with Crippen LogP contribution in [0.2, 0.25) is 51.4 Å². The Morgan fingerprint density at radius 2 is 1.58 bits per heavy atom. The summed E-state index contributed by atoms with van der Waals surface area (Å²) in [6, 6.07) is 14.2. The molecule has 1 fully saturated rings. The van der Waals surface area contributed by atoms with Crippen LogP contribution in [-0.2, 0) is 20.8 Å². The van der Waals surface area contributed by atoms with E-state index in [-0.39, 0.29) is 18.6 Å². The Morgan fingerprint density at radius 3 is 2.16 bits per heavy atom. The number of piperidine rings is 1. The second-order valence-corrected chi connectivity index (χ2v) is 26.2. The first-order valence-corrected chi connectivity index (χ1v) is 23.8. The quantitative estimate of drug-likeness (QED) is 0.0745. The van der Waals surface area contributed by atoms with Gasteiger partial charge in [-0.05, 0) is 53.1 Å². The maximum atomic E-state index is 12.8. The third-order valence-corrected chi connectivity index (χ3v) is 11.8. The normalized spacial score (nSPS) is 14.8. The maximum absolute atomic E-state index is 12.8. The van der Waals surface area contributed by atoms with Gasteiger partial charge < -0.3 is 24.0 Å². The van der Waals surface area contributed by atoms with Crippen LogP contribution in [0.3, 0.4) is 0 Å². The zero-order valence-corrected chi connectivity index (χ0v) is 30.8. The van der Waals surface area contributed by atoms with Crippen LogP contribution in [0.1, 0.15) is 30.0 Å². The second-order valence-electron chi connectivity index (χ2n) is 13.8. The molecule has 0 spiro atoms. The first kappa shape index (κ1) is 33.9. The molecule has 3 aromatic rings. The van der Waals surface area contributed by atoms with Gasteiger partial charge in [0, 0.05) is 60.1 Å². The van der Waals surface area contributed by atoms with Gasteiger partial charge in [-0.1, -0.05) is 69.6 Å². The number of likely N-dealkylation sites (tertiary alicyclic amines) is 1. The molecular formula is C31H48IN5O4Si2. The molecule has 0 aliphatic carbocycles. The van der Waals surface area contributed by atoms with Crippen molar-refractivity contribution in [3.8, 4) is 0 Å². The molecule has 1 aliphatic rings. The highest BCUT2D eigenvalue weighted by atomic mass is 127. The van der Waals surface area contributed by atoms with Gasteiger partial charge in [0.2, 0.25) is 0 Å². The monoisotopic (exact) mass is 737 g/mol. The van der Waals surface area contributed by atoms with Crippen LogP contribution in [-0.4, -0.2) is 81.5 Å². The van der Waals surface area contributed by atoms with Gasteiger partial charge in [0.25, 0.3) is 0 Å². The number of fused-ring (bicyclic) bond motifs is 1. The smallest absolute Gasteiger partial charge is 0.410 e. The summed E-state index contributed by atoms with van der Waals surface area (Å²) < 4.78 is 21.0. The molecule has 236 valence electrons. The van der Waals surface area contributed by atoms with Crippen LogP contribution in [0, 0.1) is 3.57 Å². The zero-order valence-electron chi connectivity index (χ0n) is 26.6. The number of halogens is 1. The van der Waals surface area contributed by atoms with Gasteiger partial charge in [-0.25, -0.2) is 9.78 Å². The summed E-state index contributed by atoms with van der Waals surface area (Å²) >= 11 is 2.31. The molecule has 1 amide bonds. The van der Waals surface area contributed by atoms with Crippen molar-refractivity contribution in [3.63, 3.8) is 0 Å². The van der Waals surface area contributed by atoms with Gasteiger partial charge in [0.05, 0.1) is 9.77 Å². The minimum absolute atomic E-state index is 0.232. The number of aromatic nitrogens is 3. The van der Waals surface area contributed by atoms with E-state index in [1.165, 1.54) is 0 Å². The average molecular weight is 738 g/mol. The number of rotatable bonds is 14. The summed E-state index contributed by atoms with van der Waals surface area (Å²) in [7, 11) is -2.41. The zero-order chi connectivity index (χ0) is 31.0. The minimum Gasteiger partial charge on any atom is -0.445 e. The Labute approximate surface area is 272 Å². The van der Waals surface area contributed by atoms with Crippen molar-refractivity contribution >= 4 is 56.3 Å². The lowest BCUT2D eigenvalue weighted by Crippen LogP contribution is -2.38. The largest absolute Gasteiger partial charge is 0.445 e. The summed E-state index contributed by atoms with van der Waals surface area (Å²) in [5.74, 6) is 1.16. The Hall–Kier alpha value is -2.01. The Morgan fingerprint density at radius 1 is 0.977 bits per heavy atom. The van der Waals surface area contributed by atoms with Crippen LogP contribution in [0.5, 0.6) is 0 Å². The van der Waals surface area contributed by atoms with E-state index in [9.17, 15) is 4.79 Å². The van der Waals surface area contributed by atoms with Gasteiger partial charge in [-0.2, -0.15) is 9.61 Å². The first-order chi connectivity index (χ1) is 20.4. The van der Waals surface area contributed by atoms with Crippen molar-refractivity contribution in [1.29, 1.82) is 0 Å².